The maximum absolute atomic E-state index is 12.9. The lowest BCUT2D eigenvalue weighted by Crippen LogP contribution is -1.93. The summed E-state index contributed by atoms with van der Waals surface area (Å²) in [6.45, 7) is 0. The van der Waals surface area contributed by atoms with Gasteiger partial charge in [-0.15, -0.1) is 0 Å². The van der Waals surface area contributed by atoms with Gasteiger partial charge < -0.3 is 5.73 Å². The number of nitrogen functional groups attached to an aromatic ring is 1. The fourth-order valence-electron chi connectivity index (χ4n) is 1.49. The van der Waals surface area contributed by atoms with E-state index in [-0.39, 0.29) is 11.5 Å². The van der Waals surface area contributed by atoms with Gasteiger partial charge in [0.2, 0.25) is 0 Å². The highest BCUT2D eigenvalue weighted by Gasteiger charge is 2.19. The molecule has 2 N–H and O–H groups in total. The van der Waals surface area contributed by atoms with Crippen LogP contribution in [0.4, 0.5) is 10.1 Å². The van der Waals surface area contributed by atoms with Crippen LogP contribution in [0, 0.1) is 5.82 Å². The number of carbonyl (C=O) groups is 1. The number of halogens is 1. The second-order valence-corrected chi connectivity index (χ2v) is 3.03. The smallest absolute Gasteiger partial charge is 0.146 e. The third-order valence-corrected chi connectivity index (χ3v) is 2.09. The lowest BCUT2D eigenvalue weighted by molar-refractivity contribution is -0.117. The Morgan fingerprint density at radius 1 is 1.25 bits per heavy atom. The first kappa shape index (κ1) is 7.28. The number of carbonyl (C=O) groups excluding carboxylic acids is 1. The van der Waals surface area contributed by atoms with E-state index in [0.717, 1.165) is 11.1 Å². The summed E-state index contributed by atoms with van der Waals surface area (Å²) in [4.78, 5) is 11.0. The van der Waals surface area contributed by atoms with E-state index >= 15 is 0 Å². The molecule has 0 amide bonds. The molecule has 0 atom stereocenters. The molecule has 0 heterocycles. The van der Waals surface area contributed by atoms with Gasteiger partial charge in [0, 0.05) is 12.8 Å². The normalized spacial score (nSPS) is 14.9. The van der Waals surface area contributed by atoms with Gasteiger partial charge >= 0.3 is 0 Å². The number of ketones is 1. The van der Waals surface area contributed by atoms with Crippen LogP contribution < -0.4 is 5.73 Å². The molecule has 12 heavy (non-hydrogen) atoms. The molecule has 1 aliphatic rings. The summed E-state index contributed by atoms with van der Waals surface area (Å²) in [7, 11) is 0. The Bertz CT molecular complexity index is 327. The number of Topliss-reactive ketones (excluding diaryl/α,β-unsaturated/α-hetero) is 1. The lowest BCUT2D eigenvalue weighted by atomic mass is 10.1. The molecule has 1 aromatic carbocycles. The molecular weight excluding hydrogens is 157 g/mol. The van der Waals surface area contributed by atoms with Crippen molar-refractivity contribution in [1.29, 1.82) is 0 Å². The fourth-order valence-corrected chi connectivity index (χ4v) is 1.49. The zero-order valence-corrected chi connectivity index (χ0v) is 6.43. The Hall–Kier alpha value is -1.38. The molecule has 0 aliphatic heterocycles. The molecule has 0 saturated heterocycles. The maximum Gasteiger partial charge on any atom is 0.146 e. The molecule has 3 heteroatoms. The van der Waals surface area contributed by atoms with E-state index in [9.17, 15) is 9.18 Å². The van der Waals surface area contributed by atoms with Crippen molar-refractivity contribution < 1.29 is 9.18 Å². The van der Waals surface area contributed by atoms with Crippen molar-refractivity contribution in [2.75, 3.05) is 5.73 Å². The molecule has 0 fully saturated rings. The minimum absolute atomic E-state index is 0.128. The number of anilines is 1. The number of hydrogen-bond acceptors (Lipinski definition) is 2. The van der Waals surface area contributed by atoms with Gasteiger partial charge in [-0.2, -0.15) is 0 Å². The predicted molar refractivity (Wildman–Crippen MR) is 43.2 cm³/mol. The molecule has 0 aromatic heterocycles. The van der Waals surface area contributed by atoms with Crippen LogP contribution in [0.3, 0.4) is 0 Å². The van der Waals surface area contributed by atoms with Gasteiger partial charge in [0.25, 0.3) is 0 Å². The Kier molecular flexibility index (Phi) is 1.40. The largest absolute Gasteiger partial charge is 0.396 e. The average Bonchev–Trinajstić information content (AvgIpc) is 2.30. The maximum atomic E-state index is 12.9. The summed E-state index contributed by atoms with van der Waals surface area (Å²) in [5, 5.41) is 0. The van der Waals surface area contributed by atoms with Crippen molar-refractivity contribution in [3.8, 4) is 0 Å². The van der Waals surface area contributed by atoms with Crippen LogP contribution in [0.5, 0.6) is 0 Å². The van der Waals surface area contributed by atoms with Crippen LogP contribution in [0.25, 0.3) is 0 Å². The molecule has 2 nitrogen and oxygen atoms in total. The SMILES string of the molecule is Nc1cc2c(cc1F)CC(=O)C2. The van der Waals surface area contributed by atoms with Crippen LogP contribution in [0.2, 0.25) is 0 Å². The fraction of sp³-hybridized carbons (Fsp3) is 0.222. The molecule has 2 rings (SSSR count). The van der Waals surface area contributed by atoms with Gasteiger partial charge in [-0.05, 0) is 23.3 Å². The standard InChI is InChI=1S/C9H8FNO/c10-8-3-5-1-7(12)2-6(5)4-9(8)11/h3-4H,1-2,11H2. The Morgan fingerprint density at radius 3 is 2.50 bits per heavy atom. The number of rotatable bonds is 0. The Labute approximate surface area is 69.2 Å². The summed E-state index contributed by atoms with van der Waals surface area (Å²) < 4.78 is 12.9. The van der Waals surface area contributed by atoms with Crippen LogP contribution in [0.1, 0.15) is 11.1 Å². The van der Waals surface area contributed by atoms with Crippen molar-refractivity contribution in [2.45, 2.75) is 12.8 Å². The highest BCUT2D eigenvalue weighted by molar-refractivity contribution is 5.88. The quantitative estimate of drug-likeness (QED) is 0.584. The van der Waals surface area contributed by atoms with Gasteiger partial charge in [0.1, 0.15) is 11.6 Å². The van der Waals surface area contributed by atoms with Gasteiger partial charge in [-0.1, -0.05) is 0 Å². The Morgan fingerprint density at radius 2 is 1.83 bits per heavy atom. The third-order valence-electron chi connectivity index (χ3n) is 2.09. The van der Waals surface area contributed by atoms with E-state index in [2.05, 4.69) is 0 Å². The molecule has 1 aliphatic carbocycles. The van der Waals surface area contributed by atoms with E-state index in [0.29, 0.717) is 12.8 Å². The van der Waals surface area contributed by atoms with Crippen LogP contribution in [0.15, 0.2) is 12.1 Å². The predicted octanol–water partition coefficient (Wildman–Crippen LogP) is 1.08. The summed E-state index contributed by atoms with van der Waals surface area (Å²) in [6, 6.07) is 2.91. The van der Waals surface area contributed by atoms with Crippen molar-refractivity contribution in [3.63, 3.8) is 0 Å². The third kappa shape index (κ3) is 0.978. The first-order valence-corrected chi connectivity index (χ1v) is 3.75. The second kappa shape index (κ2) is 2.30. The second-order valence-electron chi connectivity index (χ2n) is 3.03. The molecule has 0 radical (unpaired) electrons. The van der Waals surface area contributed by atoms with Crippen LogP contribution in [-0.4, -0.2) is 5.78 Å². The van der Waals surface area contributed by atoms with Crippen molar-refractivity contribution in [2.24, 2.45) is 0 Å². The first-order valence-electron chi connectivity index (χ1n) is 3.75. The van der Waals surface area contributed by atoms with E-state index < -0.39 is 5.82 Å². The molecule has 0 spiro atoms. The van der Waals surface area contributed by atoms with Gasteiger partial charge in [-0.25, -0.2) is 4.39 Å². The number of fused-ring (bicyclic) bond motifs is 1. The van der Waals surface area contributed by atoms with Gasteiger partial charge in [0.15, 0.2) is 0 Å². The summed E-state index contributed by atoms with van der Waals surface area (Å²) >= 11 is 0. The average molecular weight is 165 g/mol. The Balaban J connectivity index is 2.55. The summed E-state index contributed by atoms with van der Waals surface area (Å²) in [6.07, 6.45) is 0.756. The van der Waals surface area contributed by atoms with Gasteiger partial charge in [-0.3, -0.25) is 4.79 Å². The van der Waals surface area contributed by atoms with E-state index in [1.807, 2.05) is 0 Å². The first-order chi connectivity index (χ1) is 5.66. The van der Waals surface area contributed by atoms with Crippen molar-refractivity contribution >= 4 is 11.5 Å². The summed E-state index contributed by atoms with van der Waals surface area (Å²) in [5.74, 6) is -0.293. The van der Waals surface area contributed by atoms with Crippen molar-refractivity contribution in [3.05, 3.63) is 29.1 Å². The van der Waals surface area contributed by atoms with E-state index in [4.69, 9.17) is 5.73 Å². The van der Waals surface area contributed by atoms with E-state index in [1.165, 1.54) is 6.07 Å². The molecule has 0 bridgehead atoms. The number of nitrogens with two attached hydrogens (primary N) is 1. The lowest BCUT2D eigenvalue weighted by Gasteiger charge is -2.00. The minimum Gasteiger partial charge on any atom is -0.396 e. The highest BCUT2D eigenvalue weighted by Crippen LogP contribution is 2.24. The van der Waals surface area contributed by atoms with E-state index in [1.54, 1.807) is 6.07 Å². The zero-order chi connectivity index (χ0) is 8.72. The topological polar surface area (TPSA) is 43.1 Å². The molecule has 62 valence electrons. The van der Waals surface area contributed by atoms with Crippen LogP contribution in [-0.2, 0) is 17.6 Å². The monoisotopic (exact) mass is 165 g/mol. The number of hydrogen-bond donors (Lipinski definition) is 1. The molecule has 1 aromatic rings. The highest BCUT2D eigenvalue weighted by atomic mass is 19.1. The molecule has 0 saturated carbocycles. The minimum atomic E-state index is -0.427. The van der Waals surface area contributed by atoms with Crippen molar-refractivity contribution in [1.82, 2.24) is 0 Å². The molecular formula is C9H8FNO. The zero-order valence-electron chi connectivity index (χ0n) is 6.43. The molecule has 0 unspecified atom stereocenters. The van der Waals surface area contributed by atoms with Gasteiger partial charge in [0.05, 0.1) is 5.69 Å². The summed E-state index contributed by atoms with van der Waals surface area (Å²) in [5.41, 5.74) is 7.14. The number of benzene rings is 1. The van der Waals surface area contributed by atoms with Crippen LogP contribution >= 0.6 is 0 Å².